The van der Waals surface area contributed by atoms with Gasteiger partial charge in [0.15, 0.2) is 0 Å². The van der Waals surface area contributed by atoms with Crippen molar-refractivity contribution in [1.82, 2.24) is 4.98 Å². The number of nitrogens with two attached hydrogens (primary N) is 1. The molecule has 1 aromatic heterocycles. The number of aryl methyl sites for hydroxylation is 1. The lowest BCUT2D eigenvalue weighted by molar-refractivity contribution is 0.0187. The van der Waals surface area contributed by atoms with Gasteiger partial charge in [-0.2, -0.15) is 0 Å². The second-order valence-electron chi connectivity index (χ2n) is 3.37. The summed E-state index contributed by atoms with van der Waals surface area (Å²) < 4.78 is 28.4. The number of alkyl halides is 2. The van der Waals surface area contributed by atoms with Gasteiger partial charge in [0.25, 0.3) is 6.43 Å². The van der Waals surface area contributed by atoms with Crippen molar-refractivity contribution >= 4 is 11.3 Å². The van der Waals surface area contributed by atoms with Gasteiger partial charge in [-0.3, -0.25) is 0 Å². The van der Waals surface area contributed by atoms with Crippen molar-refractivity contribution in [3.8, 4) is 0 Å². The number of thiazole rings is 1. The van der Waals surface area contributed by atoms with Crippen LogP contribution in [0, 0.1) is 6.92 Å². The molecule has 0 unspecified atom stereocenters. The zero-order valence-electron chi connectivity index (χ0n) is 9.21. The Labute approximate surface area is 97.6 Å². The summed E-state index contributed by atoms with van der Waals surface area (Å²) in [5.74, 6) is 0. The molecule has 0 atom stereocenters. The quantitative estimate of drug-likeness (QED) is 0.750. The van der Waals surface area contributed by atoms with Crippen LogP contribution in [0.5, 0.6) is 0 Å². The summed E-state index contributed by atoms with van der Waals surface area (Å²) in [6, 6.07) is 0. The van der Waals surface area contributed by atoms with Crippen molar-refractivity contribution < 1.29 is 13.5 Å². The summed E-state index contributed by atoms with van der Waals surface area (Å²) in [5.41, 5.74) is 6.45. The number of ether oxygens (including phenoxy) is 1. The molecule has 0 bridgehead atoms. The van der Waals surface area contributed by atoms with Gasteiger partial charge in [0.1, 0.15) is 6.61 Å². The summed E-state index contributed by atoms with van der Waals surface area (Å²) in [6.45, 7) is 2.33. The molecule has 0 amide bonds. The first kappa shape index (κ1) is 13.5. The Balaban J connectivity index is 2.34. The van der Waals surface area contributed by atoms with E-state index < -0.39 is 13.0 Å². The monoisotopic (exact) mass is 250 g/mol. The lowest BCUT2D eigenvalue weighted by Gasteiger charge is -2.00. The standard InChI is InChI=1S/C10H16F2N2OS/c1-7-8(2-4-13)16-10(14-7)3-5-15-6-9(11)12/h9H,2-6,13H2,1H3. The van der Waals surface area contributed by atoms with Crippen molar-refractivity contribution in [2.45, 2.75) is 26.2 Å². The molecule has 0 radical (unpaired) electrons. The molecule has 0 aliphatic rings. The van der Waals surface area contributed by atoms with Gasteiger partial charge >= 0.3 is 0 Å². The molecule has 0 aliphatic heterocycles. The smallest absolute Gasteiger partial charge is 0.261 e. The summed E-state index contributed by atoms with van der Waals surface area (Å²) in [4.78, 5) is 5.51. The number of hydrogen-bond donors (Lipinski definition) is 1. The van der Waals surface area contributed by atoms with Crippen molar-refractivity contribution in [3.63, 3.8) is 0 Å². The Hall–Kier alpha value is -0.590. The lowest BCUT2D eigenvalue weighted by atomic mass is 10.3. The number of halogens is 2. The summed E-state index contributed by atoms with van der Waals surface area (Å²) in [5, 5.41) is 0.926. The van der Waals surface area contributed by atoms with Crippen molar-refractivity contribution in [3.05, 3.63) is 15.6 Å². The molecule has 0 saturated carbocycles. The van der Waals surface area contributed by atoms with Gasteiger partial charge in [-0.15, -0.1) is 11.3 Å². The molecule has 0 spiro atoms. The van der Waals surface area contributed by atoms with Gasteiger partial charge in [0.05, 0.1) is 17.3 Å². The fourth-order valence-corrected chi connectivity index (χ4v) is 2.36. The lowest BCUT2D eigenvalue weighted by Crippen LogP contribution is -2.06. The number of nitrogens with zero attached hydrogens (tertiary/aromatic N) is 1. The average Bonchev–Trinajstić information content (AvgIpc) is 2.55. The first-order chi connectivity index (χ1) is 7.63. The molecule has 0 fully saturated rings. The zero-order chi connectivity index (χ0) is 12.0. The van der Waals surface area contributed by atoms with Crippen LogP contribution in [-0.4, -0.2) is 31.2 Å². The minimum atomic E-state index is -2.40. The molecule has 92 valence electrons. The van der Waals surface area contributed by atoms with E-state index in [-0.39, 0.29) is 0 Å². The third-order valence-electron chi connectivity index (χ3n) is 2.01. The first-order valence-electron chi connectivity index (χ1n) is 5.14. The molecular weight excluding hydrogens is 234 g/mol. The van der Waals surface area contributed by atoms with Crippen molar-refractivity contribution in [1.29, 1.82) is 0 Å². The normalized spacial score (nSPS) is 11.3. The van der Waals surface area contributed by atoms with E-state index in [9.17, 15) is 8.78 Å². The van der Waals surface area contributed by atoms with E-state index in [0.29, 0.717) is 19.6 Å². The topological polar surface area (TPSA) is 48.1 Å². The molecule has 6 heteroatoms. The molecule has 3 nitrogen and oxygen atoms in total. The van der Waals surface area contributed by atoms with E-state index in [1.54, 1.807) is 11.3 Å². The van der Waals surface area contributed by atoms with E-state index in [4.69, 9.17) is 10.5 Å². The zero-order valence-corrected chi connectivity index (χ0v) is 10.0. The van der Waals surface area contributed by atoms with Gasteiger partial charge in [-0.1, -0.05) is 0 Å². The van der Waals surface area contributed by atoms with E-state index in [1.807, 2.05) is 6.92 Å². The van der Waals surface area contributed by atoms with Crippen molar-refractivity contribution in [2.75, 3.05) is 19.8 Å². The molecule has 1 rings (SSSR count). The highest BCUT2D eigenvalue weighted by Gasteiger charge is 2.07. The highest BCUT2D eigenvalue weighted by atomic mass is 32.1. The number of rotatable bonds is 7. The Morgan fingerprint density at radius 2 is 2.19 bits per heavy atom. The number of hydrogen-bond acceptors (Lipinski definition) is 4. The molecular formula is C10H16F2N2OS. The molecule has 0 saturated heterocycles. The maximum atomic E-state index is 11.8. The van der Waals surface area contributed by atoms with E-state index in [2.05, 4.69) is 4.98 Å². The molecule has 0 aromatic carbocycles. The predicted molar refractivity (Wildman–Crippen MR) is 60.1 cm³/mol. The minimum absolute atomic E-state index is 0.291. The second kappa shape index (κ2) is 6.88. The minimum Gasteiger partial charge on any atom is -0.375 e. The van der Waals surface area contributed by atoms with Crippen LogP contribution in [0.4, 0.5) is 8.78 Å². The van der Waals surface area contributed by atoms with Crippen molar-refractivity contribution in [2.24, 2.45) is 5.73 Å². The van der Waals surface area contributed by atoms with Crippen LogP contribution in [-0.2, 0) is 17.6 Å². The summed E-state index contributed by atoms with van der Waals surface area (Å²) >= 11 is 1.58. The van der Waals surface area contributed by atoms with Gasteiger partial charge in [-0.05, 0) is 19.9 Å². The maximum absolute atomic E-state index is 11.8. The van der Waals surface area contributed by atoms with Crippen LogP contribution < -0.4 is 5.73 Å². The third kappa shape index (κ3) is 4.51. The molecule has 2 N–H and O–H groups in total. The van der Waals surface area contributed by atoms with Gasteiger partial charge < -0.3 is 10.5 Å². The second-order valence-corrected chi connectivity index (χ2v) is 4.54. The van der Waals surface area contributed by atoms with E-state index in [0.717, 1.165) is 17.1 Å². The molecule has 1 heterocycles. The van der Waals surface area contributed by atoms with Crippen LogP contribution >= 0.6 is 11.3 Å². The van der Waals surface area contributed by atoms with Crippen LogP contribution in [0.3, 0.4) is 0 Å². The van der Waals surface area contributed by atoms with E-state index >= 15 is 0 Å². The van der Waals surface area contributed by atoms with Gasteiger partial charge in [-0.25, -0.2) is 13.8 Å². The summed E-state index contributed by atoms with van der Waals surface area (Å²) in [6.07, 6.45) is -0.990. The highest BCUT2D eigenvalue weighted by Crippen LogP contribution is 2.18. The van der Waals surface area contributed by atoms with Crippen LogP contribution in [0.15, 0.2) is 0 Å². The highest BCUT2D eigenvalue weighted by molar-refractivity contribution is 7.11. The number of aromatic nitrogens is 1. The molecule has 16 heavy (non-hydrogen) atoms. The van der Waals surface area contributed by atoms with Crippen LogP contribution in [0.1, 0.15) is 15.6 Å². The van der Waals surface area contributed by atoms with Gasteiger partial charge in [0.2, 0.25) is 0 Å². The first-order valence-corrected chi connectivity index (χ1v) is 5.96. The van der Waals surface area contributed by atoms with Gasteiger partial charge in [0, 0.05) is 11.3 Å². The largest absolute Gasteiger partial charge is 0.375 e. The third-order valence-corrected chi connectivity index (χ3v) is 3.29. The maximum Gasteiger partial charge on any atom is 0.261 e. The van der Waals surface area contributed by atoms with Crippen LogP contribution in [0.2, 0.25) is 0 Å². The summed E-state index contributed by atoms with van der Waals surface area (Å²) in [7, 11) is 0. The van der Waals surface area contributed by atoms with E-state index in [1.165, 1.54) is 4.88 Å². The Morgan fingerprint density at radius 3 is 2.81 bits per heavy atom. The van der Waals surface area contributed by atoms with Crippen LogP contribution in [0.25, 0.3) is 0 Å². The average molecular weight is 250 g/mol. The molecule has 0 aliphatic carbocycles. The Morgan fingerprint density at radius 1 is 1.44 bits per heavy atom. The SMILES string of the molecule is Cc1nc(CCOCC(F)F)sc1CCN. The predicted octanol–water partition coefficient (Wildman–Crippen LogP) is 1.78. The fourth-order valence-electron chi connectivity index (χ4n) is 1.29. The Kier molecular flexibility index (Phi) is 5.79. The Bertz CT molecular complexity index is 318. The fraction of sp³-hybridized carbons (Fsp3) is 0.700. The molecule has 1 aromatic rings.